The molecule has 0 aliphatic heterocycles. The molecule has 0 aromatic heterocycles. The van der Waals surface area contributed by atoms with Crippen molar-refractivity contribution in [2.75, 3.05) is 0 Å². The number of hydrogen-bond donors (Lipinski definition) is 0. The molecule has 4 nitrogen and oxygen atoms in total. The maximum atomic E-state index is 12.2. The molecule has 0 heterocycles. The highest BCUT2D eigenvalue weighted by molar-refractivity contribution is 4.70. The van der Waals surface area contributed by atoms with E-state index in [1.165, 1.54) is 12.8 Å². The number of nitrogens with zero attached hydrogens (tertiary/aromatic N) is 2. The summed E-state index contributed by atoms with van der Waals surface area (Å²) in [6.45, 7) is 4.36. The third kappa shape index (κ3) is 3.15. The van der Waals surface area contributed by atoms with Crippen molar-refractivity contribution in [1.29, 1.82) is 0 Å². The van der Waals surface area contributed by atoms with Crippen LogP contribution in [0.4, 0.5) is 0 Å². The third-order valence-electron chi connectivity index (χ3n) is 4.64. The summed E-state index contributed by atoms with van der Waals surface area (Å²) < 4.78 is 0. The van der Waals surface area contributed by atoms with E-state index in [2.05, 4.69) is 13.8 Å². The van der Waals surface area contributed by atoms with Gasteiger partial charge in [-0.15, -0.1) is 0 Å². The van der Waals surface area contributed by atoms with Gasteiger partial charge in [0.1, 0.15) is 0 Å². The molecule has 0 aromatic rings. The maximum absolute atomic E-state index is 12.2. The zero-order valence-corrected chi connectivity index (χ0v) is 11.7. The van der Waals surface area contributed by atoms with E-state index in [1.807, 2.05) is 0 Å². The largest absolute Gasteiger partial charge is 0.567 e. The topological polar surface area (TPSA) is 52.1 Å². The molecule has 2 saturated carbocycles. The van der Waals surface area contributed by atoms with Crippen molar-refractivity contribution < 1.29 is 9.72 Å². The van der Waals surface area contributed by atoms with Crippen molar-refractivity contribution in [2.45, 2.75) is 77.3 Å². The Labute approximate surface area is 110 Å². The second kappa shape index (κ2) is 5.89. The SMILES string of the molecule is CC1CCCC(/[N+]([O-])=[N+](\[O-])C2CCCC(C)C2)C1. The number of rotatable bonds is 2. The summed E-state index contributed by atoms with van der Waals surface area (Å²) in [5, 5.41) is 24.4. The average Bonchev–Trinajstić information content (AvgIpc) is 2.37. The van der Waals surface area contributed by atoms with E-state index < -0.39 is 0 Å². The molecule has 0 amide bonds. The summed E-state index contributed by atoms with van der Waals surface area (Å²) in [6, 6.07) is -0.160. The van der Waals surface area contributed by atoms with Crippen LogP contribution in [0.15, 0.2) is 0 Å². The van der Waals surface area contributed by atoms with Crippen molar-refractivity contribution in [2.24, 2.45) is 11.8 Å². The number of hydrogen-bond acceptors (Lipinski definition) is 2. The normalized spacial score (nSPS) is 39.2. The highest BCUT2D eigenvalue weighted by Crippen LogP contribution is 2.28. The Morgan fingerprint density at radius 3 is 1.44 bits per heavy atom. The van der Waals surface area contributed by atoms with Crippen LogP contribution < -0.4 is 0 Å². The van der Waals surface area contributed by atoms with Crippen molar-refractivity contribution in [3.63, 3.8) is 0 Å². The summed E-state index contributed by atoms with van der Waals surface area (Å²) >= 11 is 0. The van der Waals surface area contributed by atoms with Gasteiger partial charge in [0, 0.05) is 35.4 Å². The van der Waals surface area contributed by atoms with Crippen LogP contribution in [0.25, 0.3) is 0 Å². The van der Waals surface area contributed by atoms with Gasteiger partial charge >= 0.3 is 0 Å². The minimum absolute atomic E-state index is 0.0801. The first kappa shape index (κ1) is 13.6. The third-order valence-corrected chi connectivity index (χ3v) is 4.64. The van der Waals surface area contributed by atoms with E-state index in [0.717, 1.165) is 48.2 Å². The summed E-state index contributed by atoms with van der Waals surface area (Å²) in [6.07, 6.45) is 8.09. The van der Waals surface area contributed by atoms with Gasteiger partial charge in [-0.2, -0.15) is 0 Å². The van der Waals surface area contributed by atoms with E-state index >= 15 is 0 Å². The van der Waals surface area contributed by atoms with Gasteiger partial charge in [0.25, 0.3) is 0 Å². The lowest BCUT2D eigenvalue weighted by Crippen LogP contribution is -2.38. The predicted octanol–water partition coefficient (Wildman–Crippen LogP) is 3.62. The summed E-state index contributed by atoms with van der Waals surface area (Å²) in [7, 11) is 0. The molecule has 0 aromatic carbocycles. The minimum Gasteiger partial charge on any atom is -0.567 e. The molecule has 0 radical (unpaired) electrons. The Kier molecular flexibility index (Phi) is 4.46. The van der Waals surface area contributed by atoms with E-state index in [1.54, 1.807) is 0 Å². The van der Waals surface area contributed by atoms with Crippen molar-refractivity contribution >= 4 is 0 Å². The Morgan fingerprint density at radius 1 is 0.722 bits per heavy atom. The summed E-state index contributed by atoms with van der Waals surface area (Å²) in [4.78, 5) is 1.52. The number of azo groups is 1. The van der Waals surface area contributed by atoms with Crippen LogP contribution in [0.3, 0.4) is 0 Å². The van der Waals surface area contributed by atoms with Gasteiger partial charge in [0.2, 0.25) is 12.1 Å². The maximum Gasteiger partial charge on any atom is 0.229 e. The summed E-state index contributed by atoms with van der Waals surface area (Å²) in [5.41, 5.74) is 0. The molecule has 2 fully saturated rings. The molecule has 0 spiro atoms. The monoisotopic (exact) mass is 254 g/mol. The van der Waals surface area contributed by atoms with Crippen LogP contribution in [0.5, 0.6) is 0 Å². The first-order chi connectivity index (χ1) is 8.58. The molecule has 18 heavy (non-hydrogen) atoms. The molecule has 2 aliphatic rings. The van der Waals surface area contributed by atoms with Crippen molar-refractivity contribution in [3.05, 3.63) is 10.4 Å². The van der Waals surface area contributed by atoms with Gasteiger partial charge in [0.15, 0.2) is 0 Å². The fraction of sp³-hybridized carbons (Fsp3) is 1.00. The standard InChI is InChI=1S/C14H26N2O2/c1-11-5-3-7-13(9-11)15(17)16(18)14-8-4-6-12(2)10-14/h11-14H,3-10H2,1-2H3/b16-15+. The average molecular weight is 254 g/mol. The lowest BCUT2D eigenvalue weighted by molar-refractivity contribution is -0.998. The first-order valence-corrected chi connectivity index (χ1v) is 7.50. The predicted molar refractivity (Wildman–Crippen MR) is 70.1 cm³/mol. The fourth-order valence-electron chi connectivity index (χ4n) is 3.53. The Balaban J connectivity index is 2.03. The van der Waals surface area contributed by atoms with Crippen LogP contribution in [0.1, 0.15) is 65.2 Å². The zero-order chi connectivity index (χ0) is 13.1. The van der Waals surface area contributed by atoms with E-state index in [9.17, 15) is 10.4 Å². The Morgan fingerprint density at radius 2 is 1.11 bits per heavy atom. The van der Waals surface area contributed by atoms with E-state index in [4.69, 9.17) is 0 Å². The second-order valence-electron chi connectivity index (χ2n) is 6.46. The Hall–Kier alpha value is -0.800. The van der Waals surface area contributed by atoms with Gasteiger partial charge in [-0.1, -0.05) is 26.7 Å². The molecule has 2 rings (SSSR count). The van der Waals surface area contributed by atoms with E-state index in [0.29, 0.717) is 11.8 Å². The van der Waals surface area contributed by atoms with Crippen molar-refractivity contribution in [1.82, 2.24) is 0 Å². The lowest BCUT2D eigenvalue weighted by atomic mass is 9.87. The van der Waals surface area contributed by atoms with Gasteiger partial charge in [-0.05, 0) is 24.7 Å². The summed E-state index contributed by atoms with van der Waals surface area (Å²) in [5.74, 6) is 1.16. The molecule has 0 N–H and O–H groups in total. The van der Waals surface area contributed by atoms with Gasteiger partial charge in [-0.3, -0.25) is 0 Å². The highest BCUT2D eigenvalue weighted by Gasteiger charge is 2.34. The number of hydroxylamine groups is 2. The molecule has 0 saturated heterocycles. The van der Waals surface area contributed by atoms with E-state index in [-0.39, 0.29) is 12.1 Å². The molecule has 0 bridgehead atoms. The molecular formula is C14H26N2O2. The second-order valence-corrected chi connectivity index (χ2v) is 6.46. The van der Waals surface area contributed by atoms with Gasteiger partial charge in [-0.25, -0.2) is 0 Å². The fourth-order valence-corrected chi connectivity index (χ4v) is 3.53. The zero-order valence-electron chi connectivity index (χ0n) is 11.7. The van der Waals surface area contributed by atoms with Crippen LogP contribution in [0.2, 0.25) is 0 Å². The van der Waals surface area contributed by atoms with Gasteiger partial charge < -0.3 is 10.4 Å². The lowest BCUT2D eigenvalue weighted by Gasteiger charge is -2.26. The molecule has 2 aliphatic carbocycles. The molecule has 4 heteroatoms. The highest BCUT2D eigenvalue weighted by atomic mass is 16.6. The van der Waals surface area contributed by atoms with Crippen molar-refractivity contribution in [3.8, 4) is 0 Å². The van der Waals surface area contributed by atoms with Gasteiger partial charge in [0.05, 0.1) is 0 Å². The van der Waals surface area contributed by atoms with Crippen LogP contribution >= 0.6 is 0 Å². The van der Waals surface area contributed by atoms with Crippen LogP contribution in [-0.2, 0) is 0 Å². The van der Waals surface area contributed by atoms with Crippen LogP contribution in [0, 0.1) is 22.3 Å². The molecule has 4 atom stereocenters. The Bertz CT molecular complexity index is 287. The van der Waals surface area contributed by atoms with Crippen LogP contribution in [-0.4, -0.2) is 21.8 Å². The minimum atomic E-state index is -0.0801. The molecule has 4 unspecified atom stereocenters. The molecule has 104 valence electrons. The smallest absolute Gasteiger partial charge is 0.229 e. The quantitative estimate of drug-likeness (QED) is 0.429. The first-order valence-electron chi connectivity index (χ1n) is 7.50. The molecular weight excluding hydrogens is 228 g/mol.